The molecule has 2 atom stereocenters. The van der Waals surface area contributed by atoms with Crippen molar-refractivity contribution in [2.75, 3.05) is 0 Å². The fourth-order valence-corrected chi connectivity index (χ4v) is 10.4. The molecular formula is C54H36N4. The summed E-state index contributed by atoms with van der Waals surface area (Å²) in [6, 6.07) is 48.4. The van der Waals surface area contributed by atoms with E-state index >= 15 is 0 Å². The van der Waals surface area contributed by atoms with Crippen molar-refractivity contribution in [3.8, 4) is 49.4 Å². The van der Waals surface area contributed by atoms with E-state index in [1.807, 2.05) is 0 Å². The fourth-order valence-electron chi connectivity index (χ4n) is 10.4. The van der Waals surface area contributed by atoms with Crippen LogP contribution < -0.4 is 0 Å². The molecule has 0 amide bonds. The molecule has 1 aliphatic carbocycles. The van der Waals surface area contributed by atoms with Crippen molar-refractivity contribution in [3.63, 3.8) is 0 Å². The van der Waals surface area contributed by atoms with Gasteiger partial charge in [0.1, 0.15) is 0 Å². The number of para-hydroxylation sites is 4. The van der Waals surface area contributed by atoms with Crippen LogP contribution in [0.2, 0.25) is 0 Å². The number of rotatable bonds is 6. The Kier molecular flexibility index (Phi) is 7.47. The second kappa shape index (κ2) is 12.9. The average molecular weight is 741 g/mol. The Labute approximate surface area is 336 Å². The summed E-state index contributed by atoms with van der Waals surface area (Å²) in [6.07, 6.45) is 24.4. The summed E-state index contributed by atoms with van der Waals surface area (Å²) in [5, 5.41) is 7.09. The van der Waals surface area contributed by atoms with Crippen molar-refractivity contribution in [2.24, 2.45) is 0 Å². The lowest BCUT2D eigenvalue weighted by atomic mass is 9.72. The summed E-state index contributed by atoms with van der Waals surface area (Å²) in [5.41, 5.74) is 14.0. The number of terminal acetylenes is 4. The molecule has 0 saturated carbocycles. The van der Waals surface area contributed by atoms with Crippen LogP contribution in [0.5, 0.6) is 0 Å². The zero-order valence-electron chi connectivity index (χ0n) is 31.8. The minimum Gasteiger partial charge on any atom is -0.332 e. The normalized spacial score (nSPS) is 14.8. The third-order valence-corrected chi connectivity index (χ3v) is 12.5. The Morgan fingerprint density at radius 3 is 1.03 bits per heavy atom. The summed E-state index contributed by atoms with van der Waals surface area (Å²) in [6.45, 7) is 1.84. The summed E-state index contributed by atoms with van der Waals surface area (Å²) in [5.74, 6) is 11.6. The minimum absolute atomic E-state index is 0.161. The molecule has 0 fully saturated rings. The standard InChI is InChI=1S/C54H36N4/c1-5-29-55-43-21-13-9-17-37(43)41-33-35(25-27-47(41)55)49-51-39-19-11-15-23-45(39)58(32-8-4)54(51)50(52-40-20-12-16-24-46(40)57(31-7-3)53(49)52)36-26-28-48-42(34-36)38-18-10-14-22-44(38)56(48)30-6-2/h1-4,9-28,33-34,49-50H,29-32H2. The lowest BCUT2D eigenvalue weighted by molar-refractivity contribution is 0.688. The SMILES string of the molecule is C#CCn1c2c(c3ccccc31)C(c1ccc3c(c1)c1ccccc1n3CC#C)c1c(c3ccccc3n1CC#C)C2c1ccc2c(c1)c1ccccc1n2CC#C. The highest BCUT2D eigenvalue weighted by Gasteiger charge is 2.42. The molecule has 6 aromatic carbocycles. The molecule has 1 aliphatic rings. The van der Waals surface area contributed by atoms with E-state index < -0.39 is 0 Å². The molecule has 2 unspecified atom stereocenters. The average Bonchev–Trinajstić information content (AvgIpc) is 3.97. The number of benzene rings is 6. The Bertz CT molecular complexity index is 3290. The van der Waals surface area contributed by atoms with E-state index in [1.165, 1.54) is 66.0 Å². The zero-order chi connectivity index (χ0) is 39.1. The van der Waals surface area contributed by atoms with E-state index in [0.29, 0.717) is 26.2 Å². The molecule has 0 aliphatic heterocycles. The Balaban J connectivity index is 1.29. The summed E-state index contributed by atoms with van der Waals surface area (Å²) in [4.78, 5) is 0. The molecule has 58 heavy (non-hydrogen) atoms. The van der Waals surface area contributed by atoms with Gasteiger partial charge in [-0.2, -0.15) is 0 Å². The van der Waals surface area contributed by atoms with Gasteiger partial charge in [0.05, 0.1) is 38.0 Å². The molecule has 11 rings (SSSR count). The Morgan fingerprint density at radius 2 is 0.655 bits per heavy atom. The van der Waals surface area contributed by atoms with Crippen molar-refractivity contribution in [2.45, 2.75) is 38.0 Å². The lowest BCUT2D eigenvalue weighted by Gasteiger charge is -2.34. The van der Waals surface area contributed by atoms with E-state index in [1.54, 1.807) is 0 Å². The molecule has 0 radical (unpaired) electrons. The second-order valence-corrected chi connectivity index (χ2v) is 15.2. The maximum Gasteiger partial charge on any atom is 0.0841 e. The van der Waals surface area contributed by atoms with Crippen LogP contribution in [0.1, 0.15) is 45.5 Å². The third kappa shape index (κ3) is 4.53. The molecule has 0 saturated heterocycles. The monoisotopic (exact) mass is 740 g/mol. The van der Waals surface area contributed by atoms with E-state index in [2.05, 4.69) is 175 Å². The molecule has 4 heterocycles. The van der Waals surface area contributed by atoms with Gasteiger partial charge in [-0.25, -0.2) is 0 Å². The minimum atomic E-state index is -0.161. The maximum absolute atomic E-state index is 6.28. The van der Waals surface area contributed by atoms with Gasteiger partial charge in [0, 0.05) is 76.8 Å². The number of fused-ring (bicyclic) bond motifs is 12. The predicted molar refractivity (Wildman–Crippen MR) is 240 cm³/mol. The maximum atomic E-state index is 6.28. The van der Waals surface area contributed by atoms with Crippen molar-refractivity contribution in [1.29, 1.82) is 0 Å². The van der Waals surface area contributed by atoms with Gasteiger partial charge >= 0.3 is 0 Å². The molecule has 4 nitrogen and oxygen atoms in total. The molecule has 0 spiro atoms. The molecule has 10 aromatic rings. The number of hydrogen-bond donors (Lipinski definition) is 0. The highest BCUT2D eigenvalue weighted by molar-refractivity contribution is 6.10. The van der Waals surface area contributed by atoms with Crippen LogP contribution >= 0.6 is 0 Å². The quantitative estimate of drug-likeness (QED) is 0.151. The van der Waals surface area contributed by atoms with Crippen LogP contribution in [-0.4, -0.2) is 18.3 Å². The fraction of sp³-hybridized carbons (Fsp3) is 0.111. The summed E-state index contributed by atoms with van der Waals surface area (Å²) in [7, 11) is 0. The van der Waals surface area contributed by atoms with Gasteiger partial charge < -0.3 is 18.3 Å². The summed E-state index contributed by atoms with van der Waals surface area (Å²) < 4.78 is 9.27. The first-order chi connectivity index (χ1) is 28.7. The molecule has 4 aromatic heterocycles. The van der Waals surface area contributed by atoms with Gasteiger partial charge in [-0.15, -0.1) is 25.7 Å². The van der Waals surface area contributed by atoms with Crippen LogP contribution in [0.25, 0.3) is 65.4 Å². The zero-order valence-corrected chi connectivity index (χ0v) is 31.8. The van der Waals surface area contributed by atoms with E-state index in [-0.39, 0.29) is 11.8 Å². The van der Waals surface area contributed by atoms with Gasteiger partial charge in [0.15, 0.2) is 0 Å². The molecule has 0 bridgehead atoms. The van der Waals surface area contributed by atoms with Gasteiger partial charge in [-0.3, -0.25) is 0 Å². The number of aromatic nitrogens is 4. The van der Waals surface area contributed by atoms with E-state index in [9.17, 15) is 0 Å². The number of hydrogen-bond acceptors (Lipinski definition) is 0. The van der Waals surface area contributed by atoms with Crippen molar-refractivity contribution in [1.82, 2.24) is 18.3 Å². The third-order valence-electron chi connectivity index (χ3n) is 12.5. The van der Waals surface area contributed by atoms with Crippen LogP contribution in [0, 0.1) is 49.4 Å². The molecule has 0 N–H and O–H groups in total. The Morgan fingerprint density at radius 1 is 0.345 bits per heavy atom. The first-order valence-electron chi connectivity index (χ1n) is 19.6. The smallest absolute Gasteiger partial charge is 0.0841 e. The van der Waals surface area contributed by atoms with Crippen LogP contribution in [-0.2, 0) is 26.2 Å². The van der Waals surface area contributed by atoms with Gasteiger partial charge in [-0.05, 0) is 70.8 Å². The summed E-state index contributed by atoms with van der Waals surface area (Å²) >= 11 is 0. The first kappa shape index (κ1) is 33.6. The van der Waals surface area contributed by atoms with Crippen LogP contribution in [0.15, 0.2) is 133 Å². The van der Waals surface area contributed by atoms with Gasteiger partial charge in [0.2, 0.25) is 0 Å². The highest BCUT2D eigenvalue weighted by atomic mass is 15.0. The van der Waals surface area contributed by atoms with E-state index in [4.69, 9.17) is 25.7 Å². The predicted octanol–water partition coefficient (Wildman–Crippen LogP) is 11.0. The van der Waals surface area contributed by atoms with Crippen molar-refractivity contribution < 1.29 is 0 Å². The number of nitrogens with zero attached hydrogens (tertiary/aromatic N) is 4. The Hall–Kier alpha value is -7.76. The van der Waals surface area contributed by atoms with Crippen LogP contribution in [0.3, 0.4) is 0 Å². The first-order valence-corrected chi connectivity index (χ1v) is 19.6. The van der Waals surface area contributed by atoms with Crippen molar-refractivity contribution >= 4 is 65.4 Å². The van der Waals surface area contributed by atoms with Gasteiger partial charge in [-0.1, -0.05) is 109 Å². The van der Waals surface area contributed by atoms with Crippen molar-refractivity contribution in [3.05, 3.63) is 167 Å². The molecular weight excluding hydrogens is 705 g/mol. The topological polar surface area (TPSA) is 19.7 Å². The van der Waals surface area contributed by atoms with Gasteiger partial charge in [0.25, 0.3) is 0 Å². The second-order valence-electron chi connectivity index (χ2n) is 15.2. The largest absolute Gasteiger partial charge is 0.332 e. The lowest BCUT2D eigenvalue weighted by Crippen LogP contribution is -2.24. The van der Waals surface area contributed by atoms with E-state index in [0.717, 1.165) is 33.1 Å². The highest BCUT2D eigenvalue weighted by Crippen LogP contribution is 2.55. The molecule has 4 heteroatoms. The molecule has 272 valence electrons. The van der Waals surface area contributed by atoms with Crippen LogP contribution in [0.4, 0.5) is 0 Å².